The van der Waals surface area contributed by atoms with Crippen LogP contribution in [0.4, 0.5) is 5.13 Å². The number of nitrogens with zero attached hydrogens (tertiary/aromatic N) is 4. The normalized spacial score (nSPS) is 19.1. The van der Waals surface area contributed by atoms with E-state index in [1.165, 1.54) is 30.8 Å². The van der Waals surface area contributed by atoms with Gasteiger partial charge in [0.15, 0.2) is 11.1 Å². The van der Waals surface area contributed by atoms with Gasteiger partial charge in [0.2, 0.25) is 0 Å². The monoisotopic (exact) mass is 416 g/mol. The number of hydrogen-bond donors (Lipinski definition) is 2. The van der Waals surface area contributed by atoms with Crippen molar-refractivity contribution in [3.8, 4) is 0 Å². The van der Waals surface area contributed by atoms with Gasteiger partial charge in [0.25, 0.3) is 0 Å². The van der Waals surface area contributed by atoms with Gasteiger partial charge in [0.1, 0.15) is 5.76 Å². The summed E-state index contributed by atoms with van der Waals surface area (Å²) in [5, 5.41) is 10.3. The lowest BCUT2D eigenvalue weighted by atomic mass is 10.2. The molecule has 4 rings (SSSR count). The molecule has 2 N–H and O–H groups in total. The van der Waals surface area contributed by atoms with Crippen LogP contribution in [-0.4, -0.2) is 62.2 Å². The summed E-state index contributed by atoms with van der Waals surface area (Å²) in [6.45, 7) is 6.15. The number of thiazole rings is 1. The van der Waals surface area contributed by atoms with E-state index in [9.17, 15) is 0 Å². The molecule has 1 atom stereocenters. The van der Waals surface area contributed by atoms with Crippen molar-refractivity contribution in [3.05, 3.63) is 35.2 Å². The van der Waals surface area contributed by atoms with Crippen LogP contribution in [0.2, 0.25) is 0 Å². The van der Waals surface area contributed by atoms with Gasteiger partial charge >= 0.3 is 0 Å². The highest BCUT2D eigenvalue weighted by Gasteiger charge is 2.25. The van der Waals surface area contributed by atoms with Gasteiger partial charge in [0.05, 0.1) is 18.0 Å². The standard InChI is InChI=1S/C21H32N6OS/c1-22-20(23-9-8-17-16-29-21(25-17)27-12-4-5-13-27)24-15-18(19-7-6-14-28-19)26-10-2-3-11-26/h6-7,14,16,18H,2-5,8-13,15H2,1H3,(H2,22,23,24). The SMILES string of the molecule is CN=C(NCCc1csc(N2CCCC2)n1)NCC(c1ccco1)N1CCCC1. The molecule has 0 spiro atoms. The summed E-state index contributed by atoms with van der Waals surface area (Å²) < 4.78 is 5.70. The van der Waals surface area contributed by atoms with Gasteiger partial charge in [-0.15, -0.1) is 11.3 Å². The summed E-state index contributed by atoms with van der Waals surface area (Å²) in [5.74, 6) is 1.85. The van der Waals surface area contributed by atoms with Crippen LogP contribution in [0.3, 0.4) is 0 Å². The zero-order valence-electron chi connectivity index (χ0n) is 17.3. The number of aromatic nitrogens is 1. The molecule has 0 amide bonds. The highest BCUT2D eigenvalue weighted by molar-refractivity contribution is 7.13. The van der Waals surface area contributed by atoms with Crippen molar-refractivity contribution in [1.82, 2.24) is 20.5 Å². The number of furan rings is 1. The van der Waals surface area contributed by atoms with Crippen LogP contribution in [0.25, 0.3) is 0 Å². The predicted octanol–water partition coefficient (Wildman–Crippen LogP) is 2.88. The summed E-state index contributed by atoms with van der Waals surface area (Å²) in [6, 6.07) is 4.28. The van der Waals surface area contributed by atoms with E-state index >= 15 is 0 Å². The maximum Gasteiger partial charge on any atom is 0.191 e. The third kappa shape index (κ3) is 5.30. The van der Waals surface area contributed by atoms with E-state index in [4.69, 9.17) is 9.40 Å². The van der Waals surface area contributed by atoms with E-state index in [2.05, 4.69) is 36.9 Å². The van der Waals surface area contributed by atoms with Crippen molar-refractivity contribution >= 4 is 22.4 Å². The van der Waals surface area contributed by atoms with Crippen LogP contribution in [0.1, 0.15) is 43.2 Å². The molecule has 2 aliphatic heterocycles. The first kappa shape index (κ1) is 20.2. The molecule has 0 radical (unpaired) electrons. The number of hydrogen-bond acceptors (Lipinski definition) is 6. The smallest absolute Gasteiger partial charge is 0.191 e. The molecule has 2 aromatic heterocycles. The number of aliphatic imine (C=N–C) groups is 1. The molecule has 0 saturated carbocycles. The Kier molecular flexibility index (Phi) is 7.05. The molecule has 8 heteroatoms. The van der Waals surface area contributed by atoms with E-state index < -0.39 is 0 Å². The van der Waals surface area contributed by atoms with Crippen LogP contribution < -0.4 is 15.5 Å². The fraction of sp³-hybridized carbons (Fsp3) is 0.619. The molecular formula is C21H32N6OS. The lowest BCUT2D eigenvalue weighted by Gasteiger charge is -2.26. The Bertz CT molecular complexity index is 762. The van der Waals surface area contributed by atoms with E-state index in [0.29, 0.717) is 0 Å². The molecule has 0 aliphatic carbocycles. The van der Waals surface area contributed by atoms with Crippen LogP contribution in [0.15, 0.2) is 33.2 Å². The van der Waals surface area contributed by atoms with Crippen molar-refractivity contribution in [2.45, 2.75) is 38.1 Å². The van der Waals surface area contributed by atoms with E-state index in [-0.39, 0.29) is 6.04 Å². The third-order valence-electron chi connectivity index (χ3n) is 5.73. The molecule has 29 heavy (non-hydrogen) atoms. The Balaban J connectivity index is 1.25. The van der Waals surface area contributed by atoms with Crippen LogP contribution in [-0.2, 0) is 6.42 Å². The minimum atomic E-state index is 0.243. The van der Waals surface area contributed by atoms with E-state index in [1.54, 1.807) is 17.6 Å². The molecule has 2 fully saturated rings. The van der Waals surface area contributed by atoms with Gasteiger partial charge in [-0.2, -0.15) is 0 Å². The van der Waals surface area contributed by atoms with Crippen molar-refractivity contribution in [2.75, 3.05) is 51.2 Å². The topological polar surface area (TPSA) is 68.9 Å². The Morgan fingerprint density at radius 3 is 2.72 bits per heavy atom. The number of rotatable bonds is 8. The first-order valence-electron chi connectivity index (χ1n) is 10.7. The summed E-state index contributed by atoms with van der Waals surface area (Å²) in [5.41, 5.74) is 1.16. The molecule has 2 aromatic rings. The van der Waals surface area contributed by atoms with Crippen LogP contribution >= 0.6 is 11.3 Å². The quantitative estimate of drug-likeness (QED) is 0.509. The molecule has 4 heterocycles. The average Bonchev–Trinajstić information content (AvgIpc) is 3.54. The fourth-order valence-electron chi connectivity index (χ4n) is 4.13. The van der Waals surface area contributed by atoms with Gasteiger partial charge in [-0.3, -0.25) is 9.89 Å². The lowest BCUT2D eigenvalue weighted by molar-refractivity contribution is 0.215. The highest BCUT2D eigenvalue weighted by atomic mass is 32.1. The largest absolute Gasteiger partial charge is 0.468 e. The van der Waals surface area contributed by atoms with Gasteiger partial charge in [-0.05, 0) is 50.9 Å². The molecule has 7 nitrogen and oxygen atoms in total. The Morgan fingerprint density at radius 2 is 2.00 bits per heavy atom. The van der Waals surface area contributed by atoms with Gasteiger partial charge in [-0.1, -0.05) is 0 Å². The number of anilines is 1. The van der Waals surface area contributed by atoms with Crippen LogP contribution in [0.5, 0.6) is 0 Å². The predicted molar refractivity (Wildman–Crippen MR) is 119 cm³/mol. The second-order valence-electron chi connectivity index (χ2n) is 7.72. The van der Waals surface area contributed by atoms with E-state index in [1.807, 2.05) is 13.1 Å². The number of guanidine groups is 1. The second kappa shape index (κ2) is 10.1. The third-order valence-corrected chi connectivity index (χ3v) is 6.68. The zero-order valence-corrected chi connectivity index (χ0v) is 18.1. The number of nitrogens with one attached hydrogen (secondary N) is 2. The number of likely N-dealkylation sites (tertiary alicyclic amines) is 1. The summed E-state index contributed by atoms with van der Waals surface area (Å²) >= 11 is 1.76. The van der Waals surface area contributed by atoms with Gasteiger partial charge in [0, 0.05) is 45.0 Å². The average molecular weight is 417 g/mol. The molecule has 1 unspecified atom stereocenters. The van der Waals surface area contributed by atoms with Crippen molar-refractivity contribution < 1.29 is 4.42 Å². The summed E-state index contributed by atoms with van der Waals surface area (Å²) in [7, 11) is 1.82. The van der Waals surface area contributed by atoms with Crippen molar-refractivity contribution in [1.29, 1.82) is 0 Å². The lowest BCUT2D eigenvalue weighted by Crippen LogP contribution is -2.43. The molecule has 2 saturated heterocycles. The molecule has 0 aromatic carbocycles. The fourth-order valence-corrected chi connectivity index (χ4v) is 5.05. The first-order chi connectivity index (χ1) is 14.3. The van der Waals surface area contributed by atoms with Crippen molar-refractivity contribution in [3.63, 3.8) is 0 Å². The maximum atomic E-state index is 5.70. The summed E-state index contributed by atoms with van der Waals surface area (Å²) in [4.78, 5) is 14.1. The molecular weight excluding hydrogens is 384 g/mol. The summed E-state index contributed by atoms with van der Waals surface area (Å²) in [6.07, 6.45) is 7.76. The second-order valence-corrected chi connectivity index (χ2v) is 8.56. The Morgan fingerprint density at radius 1 is 1.21 bits per heavy atom. The van der Waals surface area contributed by atoms with Crippen LogP contribution in [0, 0.1) is 0 Å². The molecule has 0 bridgehead atoms. The minimum Gasteiger partial charge on any atom is -0.468 e. The Hall–Kier alpha value is -2.06. The maximum absolute atomic E-state index is 5.70. The highest BCUT2D eigenvalue weighted by Crippen LogP contribution is 2.25. The van der Waals surface area contributed by atoms with E-state index in [0.717, 1.165) is 63.1 Å². The van der Waals surface area contributed by atoms with Gasteiger partial charge < -0.3 is 20.0 Å². The Labute approximate surface area is 177 Å². The first-order valence-corrected chi connectivity index (χ1v) is 11.6. The van der Waals surface area contributed by atoms with Crippen molar-refractivity contribution in [2.24, 2.45) is 4.99 Å². The zero-order chi connectivity index (χ0) is 19.9. The van der Waals surface area contributed by atoms with Gasteiger partial charge in [-0.25, -0.2) is 4.98 Å². The molecule has 158 valence electrons. The minimum absolute atomic E-state index is 0.243. The molecule has 2 aliphatic rings.